The van der Waals surface area contributed by atoms with Crippen LogP contribution < -0.4 is 0 Å². The highest BCUT2D eigenvalue weighted by Crippen LogP contribution is 2.47. The van der Waals surface area contributed by atoms with Gasteiger partial charge in [0.15, 0.2) is 11.6 Å². The Morgan fingerprint density at radius 3 is 2.73 bits per heavy atom. The molecule has 1 aliphatic heterocycles. The zero-order valence-electron chi connectivity index (χ0n) is 12.9. The van der Waals surface area contributed by atoms with E-state index in [1.165, 1.54) is 12.8 Å². The van der Waals surface area contributed by atoms with Gasteiger partial charge in [-0.15, -0.1) is 0 Å². The van der Waals surface area contributed by atoms with Gasteiger partial charge in [0.05, 0.1) is 0 Å². The van der Waals surface area contributed by atoms with Gasteiger partial charge in [0.2, 0.25) is 0 Å². The van der Waals surface area contributed by atoms with Gasteiger partial charge in [0, 0.05) is 19.0 Å². The number of furan rings is 1. The fourth-order valence-electron chi connectivity index (χ4n) is 3.50. The number of carbonyl (C=O) groups is 1. The molecular weight excluding hydrogens is 280 g/mol. The van der Waals surface area contributed by atoms with Gasteiger partial charge < -0.3 is 9.32 Å². The van der Waals surface area contributed by atoms with Crippen LogP contribution in [0.5, 0.6) is 0 Å². The number of H-pyrrole nitrogens is 1. The number of nitrogens with zero attached hydrogens (tertiary/aromatic N) is 3. The Labute approximate surface area is 128 Å². The molecule has 2 aromatic heterocycles. The van der Waals surface area contributed by atoms with E-state index in [-0.39, 0.29) is 11.8 Å². The fraction of sp³-hybridized carbons (Fsp3) is 0.562. The maximum absolute atomic E-state index is 12.6. The monoisotopic (exact) mass is 300 g/mol. The normalized spacial score (nSPS) is 24.9. The summed E-state index contributed by atoms with van der Waals surface area (Å²) >= 11 is 0. The predicted molar refractivity (Wildman–Crippen MR) is 79.4 cm³/mol. The summed E-state index contributed by atoms with van der Waals surface area (Å²) in [6.45, 7) is 5.22. The van der Waals surface area contributed by atoms with E-state index < -0.39 is 0 Å². The highest BCUT2D eigenvalue weighted by atomic mass is 16.3. The van der Waals surface area contributed by atoms with Gasteiger partial charge in [-0.1, -0.05) is 0 Å². The second-order valence-electron chi connectivity index (χ2n) is 6.51. The van der Waals surface area contributed by atoms with Crippen molar-refractivity contribution in [2.45, 2.75) is 32.6 Å². The lowest BCUT2D eigenvalue weighted by molar-refractivity contribution is 0.0751. The van der Waals surface area contributed by atoms with Crippen LogP contribution in [-0.4, -0.2) is 39.1 Å². The third-order valence-electron chi connectivity index (χ3n) is 4.78. The Hall–Kier alpha value is -2.11. The number of amides is 1. The van der Waals surface area contributed by atoms with Crippen molar-refractivity contribution in [1.29, 1.82) is 0 Å². The molecule has 0 radical (unpaired) electrons. The predicted octanol–water partition coefficient (Wildman–Crippen LogP) is 2.28. The molecule has 2 fully saturated rings. The largest absolute Gasteiger partial charge is 0.456 e. The molecule has 22 heavy (non-hydrogen) atoms. The second-order valence-corrected chi connectivity index (χ2v) is 6.51. The molecule has 0 unspecified atom stereocenters. The molecule has 0 bridgehead atoms. The van der Waals surface area contributed by atoms with Gasteiger partial charge in [0.25, 0.3) is 5.91 Å². The van der Waals surface area contributed by atoms with Crippen molar-refractivity contribution >= 4 is 5.91 Å². The molecule has 6 heteroatoms. The topological polar surface area (TPSA) is 75.0 Å². The summed E-state index contributed by atoms with van der Waals surface area (Å²) < 4.78 is 5.49. The van der Waals surface area contributed by atoms with Gasteiger partial charge in [-0.3, -0.25) is 9.89 Å². The summed E-state index contributed by atoms with van der Waals surface area (Å²) in [5.41, 5.74) is 0. The molecule has 1 aliphatic carbocycles. The minimum absolute atomic E-state index is 0.0199. The Kier molecular flexibility index (Phi) is 3.06. The third kappa shape index (κ3) is 2.32. The maximum Gasteiger partial charge on any atom is 0.289 e. The molecule has 6 nitrogen and oxygen atoms in total. The Balaban J connectivity index is 1.57. The van der Waals surface area contributed by atoms with Crippen LogP contribution in [0, 0.1) is 25.7 Å². The molecule has 1 N–H and O–H groups in total. The van der Waals surface area contributed by atoms with Gasteiger partial charge in [-0.25, -0.2) is 4.98 Å². The molecule has 2 aromatic rings. The van der Waals surface area contributed by atoms with Crippen molar-refractivity contribution in [1.82, 2.24) is 20.1 Å². The SMILES string of the molecule is Cc1nc([C@@H]2CN(C(=O)c3ccc(C)o3)C[C@H]2C2CC2)n[nH]1. The first-order valence-corrected chi connectivity index (χ1v) is 7.86. The summed E-state index contributed by atoms with van der Waals surface area (Å²) in [5, 5.41) is 7.25. The molecule has 1 saturated heterocycles. The van der Waals surface area contributed by atoms with Gasteiger partial charge in [0.1, 0.15) is 11.6 Å². The number of aromatic nitrogens is 3. The number of aryl methyl sites for hydroxylation is 2. The zero-order chi connectivity index (χ0) is 15.3. The number of aromatic amines is 1. The standard InChI is InChI=1S/C16H20N4O2/c1-9-3-6-14(22-9)16(21)20-7-12(11-4-5-11)13(8-20)15-17-10(2)18-19-15/h3,6,11-13H,4-5,7-8H2,1-2H3,(H,17,18,19)/t12-,13+/m0/s1. The van der Waals surface area contributed by atoms with Crippen molar-refractivity contribution in [2.75, 3.05) is 13.1 Å². The molecule has 0 spiro atoms. The molecule has 1 saturated carbocycles. The van der Waals surface area contributed by atoms with Crippen molar-refractivity contribution in [3.8, 4) is 0 Å². The number of likely N-dealkylation sites (tertiary alicyclic amines) is 1. The first-order chi connectivity index (χ1) is 10.6. The average molecular weight is 300 g/mol. The first-order valence-electron chi connectivity index (χ1n) is 7.86. The summed E-state index contributed by atoms with van der Waals surface area (Å²) in [6.07, 6.45) is 2.51. The van der Waals surface area contributed by atoms with E-state index in [1.54, 1.807) is 6.07 Å². The van der Waals surface area contributed by atoms with E-state index in [2.05, 4.69) is 15.2 Å². The van der Waals surface area contributed by atoms with E-state index in [4.69, 9.17) is 4.42 Å². The van der Waals surface area contributed by atoms with Crippen LogP contribution in [0.15, 0.2) is 16.5 Å². The number of hydrogen-bond acceptors (Lipinski definition) is 4. The summed E-state index contributed by atoms with van der Waals surface area (Å²) in [4.78, 5) is 19.0. The van der Waals surface area contributed by atoms with Gasteiger partial charge in [-0.2, -0.15) is 5.10 Å². The van der Waals surface area contributed by atoms with Crippen LogP contribution in [-0.2, 0) is 0 Å². The quantitative estimate of drug-likeness (QED) is 0.943. The van der Waals surface area contributed by atoms with Crippen LogP contribution >= 0.6 is 0 Å². The van der Waals surface area contributed by atoms with E-state index in [9.17, 15) is 4.79 Å². The van der Waals surface area contributed by atoms with Crippen LogP contribution in [0.1, 0.15) is 46.7 Å². The fourth-order valence-corrected chi connectivity index (χ4v) is 3.50. The minimum atomic E-state index is -0.0199. The van der Waals surface area contributed by atoms with Gasteiger partial charge >= 0.3 is 0 Å². The number of nitrogens with one attached hydrogen (secondary N) is 1. The third-order valence-corrected chi connectivity index (χ3v) is 4.78. The minimum Gasteiger partial charge on any atom is -0.456 e. The molecule has 2 atom stereocenters. The Morgan fingerprint density at radius 1 is 1.32 bits per heavy atom. The lowest BCUT2D eigenvalue weighted by atomic mass is 9.91. The van der Waals surface area contributed by atoms with Gasteiger partial charge in [-0.05, 0) is 50.7 Å². The molecule has 2 aliphatic rings. The van der Waals surface area contributed by atoms with Crippen molar-refractivity contribution in [3.05, 3.63) is 35.3 Å². The van der Waals surface area contributed by atoms with Crippen molar-refractivity contribution in [2.24, 2.45) is 11.8 Å². The second kappa shape index (κ2) is 4.97. The first kappa shape index (κ1) is 13.5. The van der Waals surface area contributed by atoms with E-state index in [0.717, 1.165) is 24.0 Å². The smallest absolute Gasteiger partial charge is 0.289 e. The van der Waals surface area contributed by atoms with Crippen LogP contribution in [0.3, 0.4) is 0 Å². The summed E-state index contributed by atoms with van der Waals surface area (Å²) in [6, 6.07) is 3.59. The summed E-state index contributed by atoms with van der Waals surface area (Å²) in [5.74, 6) is 4.26. The lowest BCUT2D eigenvalue weighted by Gasteiger charge is -2.14. The molecule has 4 rings (SSSR count). The lowest BCUT2D eigenvalue weighted by Crippen LogP contribution is -2.28. The Bertz CT molecular complexity index is 701. The van der Waals surface area contributed by atoms with E-state index in [1.807, 2.05) is 24.8 Å². The number of carbonyl (C=O) groups excluding carboxylic acids is 1. The maximum atomic E-state index is 12.6. The molecule has 116 valence electrons. The highest BCUT2D eigenvalue weighted by molar-refractivity contribution is 5.91. The van der Waals surface area contributed by atoms with Crippen LogP contribution in [0.25, 0.3) is 0 Å². The average Bonchev–Trinajstić information content (AvgIpc) is 2.91. The molecular formula is C16H20N4O2. The van der Waals surface area contributed by atoms with E-state index >= 15 is 0 Å². The molecule has 3 heterocycles. The molecule has 0 aromatic carbocycles. The zero-order valence-corrected chi connectivity index (χ0v) is 12.9. The number of rotatable bonds is 3. The van der Waals surface area contributed by atoms with Crippen molar-refractivity contribution < 1.29 is 9.21 Å². The highest BCUT2D eigenvalue weighted by Gasteiger charge is 2.46. The molecule has 1 amide bonds. The van der Waals surface area contributed by atoms with Crippen LogP contribution in [0.2, 0.25) is 0 Å². The number of hydrogen-bond donors (Lipinski definition) is 1. The van der Waals surface area contributed by atoms with E-state index in [0.29, 0.717) is 24.1 Å². The summed E-state index contributed by atoms with van der Waals surface area (Å²) in [7, 11) is 0. The Morgan fingerprint density at radius 2 is 2.14 bits per heavy atom. The van der Waals surface area contributed by atoms with Crippen molar-refractivity contribution in [3.63, 3.8) is 0 Å². The van der Waals surface area contributed by atoms with Crippen LogP contribution in [0.4, 0.5) is 0 Å².